The molecule has 12 heavy (non-hydrogen) atoms. The normalized spacial score (nSPS) is 7.92. The summed E-state index contributed by atoms with van der Waals surface area (Å²) in [5.41, 5.74) is 0. The fraction of sp³-hybridized carbons (Fsp3) is 0.556. The maximum atomic E-state index is 10.1. The van der Waals surface area contributed by atoms with Crippen molar-refractivity contribution in [1.29, 1.82) is 0 Å². The summed E-state index contributed by atoms with van der Waals surface area (Å²) >= 11 is 0. The number of hydrogen-bond donors (Lipinski definition) is 0. The molecule has 0 aromatic rings. The zero-order chi connectivity index (χ0) is 9.98. The molecule has 0 heterocycles. The van der Waals surface area contributed by atoms with Gasteiger partial charge in [0.2, 0.25) is 0 Å². The highest BCUT2D eigenvalue weighted by Gasteiger charge is 1.87. The van der Waals surface area contributed by atoms with Crippen LogP contribution in [0, 0.1) is 0 Å². The smallest absolute Gasteiger partial charge is 0.152 e. The highest BCUT2D eigenvalue weighted by atomic mass is 16.5. The molecule has 3 nitrogen and oxygen atoms in total. The van der Waals surface area contributed by atoms with E-state index in [4.69, 9.17) is 0 Å². The molecule has 0 N–H and O–H groups in total. The van der Waals surface area contributed by atoms with Gasteiger partial charge >= 0.3 is 0 Å². The highest BCUT2D eigenvalue weighted by molar-refractivity contribution is 5.86. The van der Waals surface area contributed by atoms with Crippen LogP contribution in [0.15, 0.2) is 12.7 Å². The van der Waals surface area contributed by atoms with E-state index in [1.807, 2.05) is 0 Å². The van der Waals surface area contributed by atoms with Gasteiger partial charge in [-0.05, 0) is 19.9 Å². The molecule has 0 aliphatic carbocycles. The summed E-state index contributed by atoms with van der Waals surface area (Å²) in [6, 6.07) is 0. The Morgan fingerprint density at radius 3 is 1.92 bits per heavy atom. The van der Waals surface area contributed by atoms with E-state index in [2.05, 4.69) is 11.3 Å². The summed E-state index contributed by atoms with van der Waals surface area (Å²) in [6.45, 7) is 6.78. The highest BCUT2D eigenvalue weighted by Crippen LogP contribution is 1.79. The first-order valence-electron chi connectivity index (χ1n) is 3.66. The van der Waals surface area contributed by atoms with E-state index in [-0.39, 0.29) is 11.6 Å². The third-order valence-electron chi connectivity index (χ3n) is 0.946. The Balaban J connectivity index is 0. The average Bonchev–Trinajstić information content (AvgIpc) is 2.02. The fourth-order valence-electron chi connectivity index (χ4n) is 0.246. The first-order chi connectivity index (χ1) is 5.54. The second-order valence-electron chi connectivity index (χ2n) is 2.26. The number of ether oxygens (including phenoxy) is 1. The predicted octanol–water partition coefficient (Wildman–Crippen LogP) is 1.37. The lowest BCUT2D eigenvalue weighted by molar-refractivity contribution is -0.117. The van der Waals surface area contributed by atoms with E-state index in [0.29, 0.717) is 13.0 Å². The molecule has 0 fully saturated rings. The Hall–Kier alpha value is -0.960. The van der Waals surface area contributed by atoms with Gasteiger partial charge in [0.1, 0.15) is 5.78 Å². The molecule has 0 aromatic carbocycles. The first kappa shape index (κ1) is 13.6. The minimum atomic E-state index is 0.0185. The molecule has 3 heteroatoms. The van der Waals surface area contributed by atoms with Crippen LogP contribution in [-0.2, 0) is 14.3 Å². The van der Waals surface area contributed by atoms with E-state index in [1.165, 1.54) is 13.0 Å². The van der Waals surface area contributed by atoms with Gasteiger partial charge < -0.3 is 4.74 Å². The zero-order valence-corrected chi connectivity index (χ0v) is 7.92. The SMILES string of the molecule is C=CC(C)=O.COCCC(C)=O. The van der Waals surface area contributed by atoms with Crippen molar-refractivity contribution in [2.75, 3.05) is 13.7 Å². The number of rotatable bonds is 4. The van der Waals surface area contributed by atoms with E-state index >= 15 is 0 Å². The van der Waals surface area contributed by atoms with Crippen LogP contribution < -0.4 is 0 Å². The Morgan fingerprint density at radius 2 is 1.83 bits per heavy atom. The van der Waals surface area contributed by atoms with Crippen molar-refractivity contribution < 1.29 is 14.3 Å². The second-order valence-corrected chi connectivity index (χ2v) is 2.26. The third kappa shape index (κ3) is 23.0. The number of carbonyl (C=O) groups excluding carboxylic acids is 2. The van der Waals surface area contributed by atoms with Gasteiger partial charge in [-0.1, -0.05) is 6.58 Å². The molecule has 0 rings (SSSR count). The number of carbonyl (C=O) groups is 2. The van der Waals surface area contributed by atoms with Gasteiger partial charge in [-0.2, -0.15) is 0 Å². The van der Waals surface area contributed by atoms with E-state index in [1.54, 1.807) is 14.0 Å². The molecule has 0 saturated heterocycles. The van der Waals surface area contributed by atoms with Gasteiger partial charge in [0.25, 0.3) is 0 Å². The van der Waals surface area contributed by atoms with E-state index in [0.717, 1.165) is 0 Å². The molecule has 0 spiro atoms. The Morgan fingerprint density at radius 1 is 1.42 bits per heavy atom. The number of hydrogen-bond acceptors (Lipinski definition) is 3. The minimum absolute atomic E-state index is 0.0185. The summed E-state index contributed by atoms with van der Waals surface area (Å²) < 4.78 is 4.63. The summed E-state index contributed by atoms with van der Waals surface area (Å²) in [5.74, 6) is 0.201. The number of Topliss-reactive ketones (excluding diaryl/α,β-unsaturated/α-hetero) is 1. The minimum Gasteiger partial charge on any atom is -0.384 e. The van der Waals surface area contributed by atoms with Crippen LogP contribution in [0.4, 0.5) is 0 Å². The van der Waals surface area contributed by atoms with Gasteiger partial charge in [-0.3, -0.25) is 9.59 Å². The van der Waals surface area contributed by atoms with Gasteiger partial charge in [-0.25, -0.2) is 0 Å². The van der Waals surface area contributed by atoms with Crippen molar-refractivity contribution >= 4 is 11.6 Å². The monoisotopic (exact) mass is 172 g/mol. The Kier molecular flexibility index (Phi) is 11.4. The topological polar surface area (TPSA) is 43.4 Å². The van der Waals surface area contributed by atoms with E-state index in [9.17, 15) is 9.59 Å². The predicted molar refractivity (Wildman–Crippen MR) is 48.1 cm³/mol. The molecule has 0 bridgehead atoms. The average molecular weight is 172 g/mol. The van der Waals surface area contributed by atoms with Crippen molar-refractivity contribution in [3.63, 3.8) is 0 Å². The van der Waals surface area contributed by atoms with Crippen molar-refractivity contribution in [1.82, 2.24) is 0 Å². The van der Waals surface area contributed by atoms with Crippen LogP contribution in [0.5, 0.6) is 0 Å². The summed E-state index contributed by atoms with van der Waals surface area (Å²) in [7, 11) is 1.59. The zero-order valence-electron chi connectivity index (χ0n) is 7.92. The van der Waals surface area contributed by atoms with Crippen molar-refractivity contribution in [2.24, 2.45) is 0 Å². The maximum absolute atomic E-state index is 10.1. The lowest BCUT2D eigenvalue weighted by Gasteiger charge is -1.89. The molecule has 0 unspecified atom stereocenters. The summed E-state index contributed by atoms with van der Waals surface area (Å²) in [6.07, 6.45) is 1.82. The van der Waals surface area contributed by atoms with Crippen molar-refractivity contribution in [2.45, 2.75) is 20.3 Å². The van der Waals surface area contributed by atoms with Crippen LogP contribution in [0.25, 0.3) is 0 Å². The molecule has 0 aliphatic heterocycles. The van der Waals surface area contributed by atoms with Gasteiger partial charge in [0.05, 0.1) is 6.61 Å². The number of allylic oxidation sites excluding steroid dienone is 1. The quantitative estimate of drug-likeness (QED) is 0.601. The number of ketones is 2. The Bertz CT molecular complexity index is 150. The molecule has 0 saturated carbocycles. The Labute approximate surface area is 73.4 Å². The fourth-order valence-corrected chi connectivity index (χ4v) is 0.246. The summed E-state index contributed by atoms with van der Waals surface area (Å²) in [4.78, 5) is 19.8. The first-order valence-corrected chi connectivity index (χ1v) is 3.66. The largest absolute Gasteiger partial charge is 0.384 e. The van der Waals surface area contributed by atoms with Gasteiger partial charge in [0.15, 0.2) is 5.78 Å². The molecular formula is C9H16O3. The van der Waals surface area contributed by atoms with Crippen LogP contribution in [0.2, 0.25) is 0 Å². The number of methoxy groups -OCH3 is 1. The molecule has 0 amide bonds. The molecule has 0 aliphatic rings. The van der Waals surface area contributed by atoms with Gasteiger partial charge in [0, 0.05) is 13.5 Å². The van der Waals surface area contributed by atoms with Crippen LogP contribution >= 0.6 is 0 Å². The lowest BCUT2D eigenvalue weighted by Crippen LogP contribution is -1.95. The van der Waals surface area contributed by atoms with Crippen LogP contribution in [0.1, 0.15) is 20.3 Å². The standard InChI is InChI=1S/C5H10O2.C4H6O/c1-5(6)3-4-7-2;1-3-4(2)5/h3-4H2,1-2H3;3H,1H2,2H3. The van der Waals surface area contributed by atoms with Crippen LogP contribution in [-0.4, -0.2) is 25.3 Å². The van der Waals surface area contributed by atoms with Crippen LogP contribution in [0.3, 0.4) is 0 Å². The second kappa shape index (κ2) is 10.0. The van der Waals surface area contributed by atoms with Crippen molar-refractivity contribution in [3.8, 4) is 0 Å². The van der Waals surface area contributed by atoms with Crippen molar-refractivity contribution in [3.05, 3.63) is 12.7 Å². The molecule has 0 radical (unpaired) electrons. The van der Waals surface area contributed by atoms with Gasteiger partial charge in [-0.15, -0.1) is 0 Å². The molecule has 0 atom stereocenters. The lowest BCUT2D eigenvalue weighted by atomic mass is 10.3. The third-order valence-corrected chi connectivity index (χ3v) is 0.946. The van der Waals surface area contributed by atoms with E-state index < -0.39 is 0 Å². The molecule has 70 valence electrons. The summed E-state index contributed by atoms with van der Waals surface area (Å²) in [5, 5.41) is 0. The molecule has 0 aromatic heterocycles. The maximum Gasteiger partial charge on any atom is 0.152 e. The molecular weight excluding hydrogens is 156 g/mol.